The summed E-state index contributed by atoms with van der Waals surface area (Å²) in [6.45, 7) is 1.97. The molecule has 0 bridgehead atoms. The van der Waals surface area contributed by atoms with Crippen LogP contribution < -0.4 is 11.1 Å². The number of hydrogen-bond donors (Lipinski definition) is 0. The molecule has 8 heteroatoms. The lowest BCUT2D eigenvalue weighted by molar-refractivity contribution is 0.546. The van der Waals surface area contributed by atoms with Crippen molar-refractivity contribution in [3.63, 3.8) is 0 Å². The molecule has 158 valence electrons. The lowest BCUT2D eigenvalue weighted by Gasteiger charge is -2.20. The quantitative estimate of drug-likeness (QED) is 0.304. The number of rotatable bonds is 5. The van der Waals surface area contributed by atoms with Crippen LogP contribution in [-0.2, 0) is 5.88 Å². The fourth-order valence-corrected chi connectivity index (χ4v) is 4.63. The van der Waals surface area contributed by atoms with Gasteiger partial charge in [0.15, 0.2) is 5.16 Å². The Hall–Kier alpha value is -3.78. The minimum Gasteiger partial charge on any atom is -0.280 e. The van der Waals surface area contributed by atoms with Gasteiger partial charge in [-0.05, 0) is 36.8 Å². The molecule has 0 unspecified atom stereocenters. The molecule has 5 aromatic rings. The van der Waals surface area contributed by atoms with Crippen LogP contribution in [0.2, 0.25) is 0 Å². The summed E-state index contributed by atoms with van der Waals surface area (Å²) >= 11 is 1.29. The molecule has 0 radical (unpaired) electrons. The average Bonchev–Trinajstić information content (AvgIpc) is 2.84. The summed E-state index contributed by atoms with van der Waals surface area (Å²) in [6.07, 6.45) is 0. The number of nitrogens with zero attached hydrogens (tertiary/aromatic N) is 5. The van der Waals surface area contributed by atoms with Gasteiger partial charge in [-0.25, -0.2) is 4.98 Å². The molecule has 5 rings (SSSR count). The molecule has 0 saturated carbocycles. The molecule has 32 heavy (non-hydrogen) atoms. The van der Waals surface area contributed by atoms with E-state index in [-0.39, 0.29) is 23.0 Å². The van der Waals surface area contributed by atoms with Crippen LogP contribution >= 0.6 is 11.8 Å². The SMILES string of the molecule is C[C@H](c1ccccc1)n1c(SCn2nnc3ccccc3c2=O)nc2ccccc2c1=O. The van der Waals surface area contributed by atoms with Gasteiger partial charge < -0.3 is 0 Å². The van der Waals surface area contributed by atoms with E-state index in [4.69, 9.17) is 4.98 Å². The van der Waals surface area contributed by atoms with E-state index >= 15 is 0 Å². The first-order chi connectivity index (χ1) is 15.6. The third-order valence-electron chi connectivity index (χ3n) is 5.39. The Morgan fingerprint density at radius 1 is 0.812 bits per heavy atom. The van der Waals surface area contributed by atoms with Crippen LogP contribution in [0.3, 0.4) is 0 Å². The molecule has 0 fully saturated rings. The normalized spacial score (nSPS) is 12.3. The summed E-state index contributed by atoms with van der Waals surface area (Å²) in [7, 11) is 0. The number of hydrogen-bond acceptors (Lipinski definition) is 6. The Morgan fingerprint density at radius 2 is 1.44 bits per heavy atom. The van der Waals surface area contributed by atoms with Crippen LogP contribution in [0.5, 0.6) is 0 Å². The third kappa shape index (κ3) is 3.58. The van der Waals surface area contributed by atoms with Crippen LogP contribution in [0, 0.1) is 0 Å². The molecule has 0 spiro atoms. The van der Waals surface area contributed by atoms with Crippen LogP contribution in [0.15, 0.2) is 93.6 Å². The molecular formula is C24H19N5O2S. The molecule has 0 aliphatic heterocycles. The van der Waals surface area contributed by atoms with Gasteiger partial charge in [0.05, 0.1) is 28.2 Å². The van der Waals surface area contributed by atoms with Gasteiger partial charge in [0.25, 0.3) is 11.1 Å². The van der Waals surface area contributed by atoms with Gasteiger partial charge in [-0.3, -0.25) is 14.2 Å². The lowest BCUT2D eigenvalue weighted by Crippen LogP contribution is -2.28. The van der Waals surface area contributed by atoms with Crippen molar-refractivity contribution in [3.05, 3.63) is 105 Å². The minimum atomic E-state index is -0.234. The fourth-order valence-electron chi connectivity index (χ4n) is 3.68. The Balaban J connectivity index is 1.59. The minimum absolute atomic E-state index is 0.119. The predicted octanol–water partition coefficient (Wildman–Crippen LogP) is 3.86. The van der Waals surface area contributed by atoms with Gasteiger partial charge in [-0.2, -0.15) is 4.68 Å². The Bertz CT molecular complexity index is 1550. The van der Waals surface area contributed by atoms with E-state index < -0.39 is 0 Å². The van der Waals surface area contributed by atoms with E-state index in [1.807, 2.05) is 61.5 Å². The molecule has 3 aromatic carbocycles. The highest BCUT2D eigenvalue weighted by molar-refractivity contribution is 7.98. The van der Waals surface area contributed by atoms with Crippen LogP contribution in [-0.4, -0.2) is 24.5 Å². The summed E-state index contributed by atoms with van der Waals surface area (Å²) in [6, 6.07) is 24.0. The molecular weight excluding hydrogens is 422 g/mol. The summed E-state index contributed by atoms with van der Waals surface area (Å²) in [5.74, 6) is 0.183. The van der Waals surface area contributed by atoms with Crippen molar-refractivity contribution in [1.29, 1.82) is 0 Å². The number of fused-ring (bicyclic) bond motifs is 2. The first-order valence-electron chi connectivity index (χ1n) is 10.1. The molecule has 2 aromatic heterocycles. The maximum Gasteiger partial charge on any atom is 0.278 e. The second kappa shape index (κ2) is 8.39. The smallest absolute Gasteiger partial charge is 0.278 e. The van der Waals surface area contributed by atoms with Crippen molar-refractivity contribution in [2.75, 3.05) is 0 Å². The molecule has 0 amide bonds. The zero-order valence-electron chi connectivity index (χ0n) is 17.3. The Morgan fingerprint density at radius 3 is 2.19 bits per heavy atom. The molecule has 0 aliphatic rings. The number of aromatic nitrogens is 5. The lowest BCUT2D eigenvalue weighted by atomic mass is 10.1. The second-order valence-corrected chi connectivity index (χ2v) is 8.27. The third-order valence-corrected chi connectivity index (χ3v) is 6.31. The van der Waals surface area contributed by atoms with Crippen molar-refractivity contribution < 1.29 is 0 Å². The van der Waals surface area contributed by atoms with Gasteiger partial charge in [-0.1, -0.05) is 71.6 Å². The summed E-state index contributed by atoms with van der Waals surface area (Å²) in [5, 5.41) is 9.78. The van der Waals surface area contributed by atoms with Gasteiger partial charge in [0.1, 0.15) is 5.52 Å². The van der Waals surface area contributed by atoms with Gasteiger partial charge >= 0.3 is 0 Å². The molecule has 7 nitrogen and oxygen atoms in total. The molecule has 0 saturated heterocycles. The summed E-state index contributed by atoms with van der Waals surface area (Å²) in [4.78, 5) is 31.0. The Labute approximate surface area is 187 Å². The van der Waals surface area contributed by atoms with E-state index in [1.54, 1.807) is 28.8 Å². The van der Waals surface area contributed by atoms with Gasteiger partial charge in [0.2, 0.25) is 0 Å². The van der Waals surface area contributed by atoms with Crippen molar-refractivity contribution in [2.45, 2.75) is 24.0 Å². The molecule has 0 N–H and O–H groups in total. The van der Waals surface area contributed by atoms with Crippen molar-refractivity contribution in [3.8, 4) is 0 Å². The Kier molecular flexibility index (Phi) is 5.28. The van der Waals surface area contributed by atoms with Crippen LogP contribution in [0.25, 0.3) is 21.8 Å². The maximum atomic E-state index is 13.4. The van der Waals surface area contributed by atoms with E-state index in [0.29, 0.717) is 27.0 Å². The first kappa shape index (κ1) is 20.1. The average molecular weight is 442 g/mol. The molecule has 0 aliphatic carbocycles. The first-order valence-corrected chi connectivity index (χ1v) is 11.1. The molecule has 2 heterocycles. The van der Waals surface area contributed by atoms with Crippen molar-refractivity contribution in [2.24, 2.45) is 0 Å². The highest BCUT2D eigenvalue weighted by Gasteiger charge is 2.18. The van der Waals surface area contributed by atoms with Gasteiger partial charge in [-0.15, -0.1) is 5.10 Å². The second-order valence-electron chi connectivity index (χ2n) is 7.36. The maximum absolute atomic E-state index is 13.4. The van der Waals surface area contributed by atoms with E-state index in [1.165, 1.54) is 16.4 Å². The van der Waals surface area contributed by atoms with E-state index in [2.05, 4.69) is 10.3 Å². The fraction of sp³-hybridized carbons (Fsp3) is 0.125. The van der Waals surface area contributed by atoms with E-state index in [0.717, 1.165) is 5.56 Å². The molecule has 1 atom stereocenters. The van der Waals surface area contributed by atoms with Crippen molar-refractivity contribution >= 4 is 33.6 Å². The van der Waals surface area contributed by atoms with Crippen LogP contribution in [0.4, 0.5) is 0 Å². The standard InChI is InChI=1S/C24H19N5O2S/c1-16(17-9-3-2-4-10-17)29-23(31)18-11-5-7-13-20(18)25-24(29)32-15-28-22(30)19-12-6-8-14-21(19)26-27-28/h2-14,16H,15H2,1H3/t16-/m1/s1. The van der Waals surface area contributed by atoms with Crippen molar-refractivity contribution in [1.82, 2.24) is 24.5 Å². The number of para-hydroxylation sites is 1. The zero-order valence-corrected chi connectivity index (χ0v) is 18.1. The number of thioether (sulfide) groups is 1. The highest BCUT2D eigenvalue weighted by Crippen LogP contribution is 2.25. The van der Waals surface area contributed by atoms with E-state index in [9.17, 15) is 9.59 Å². The zero-order chi connectivity index (χ0) is 22.1. The number of benzene rings is 3. The highest BCUT2D eigenvalue weighted by atomic mass is 32.2. The monoisotopic (exact) mass is 441 g/mol. The predicted molar refractivity (Wildman–Crippen MR) is 126 cm³/mol. The largest absolute Gasteiger partial charge is 0.280 e. The van der Waals surface area contributed by atoms with Gasteiger partial charge in [0, 0.05) is 0 Å². The topological polar surface area (TPSA) is 82.7 Å². The van der Waals surface area contributed by atoms with Crippen LogP contribution in [0.1, 0.15) is 18.5 Å². The summed E-state index contributed by atoms with van der Waals surface area (Å²) < 4.78 is 2.98. The summed E-state index contributed by atoms with van der Waals surface area (Å²) in [5.41, 5.74) is 1.82.